The van der Waals surface area contributed by atoms with E-state index in [0.29, 0.717) is 0 Å². The van der Waals surface area contributed by atoms with Gasteiger partial charge in [0, 0.05) is 0 Å². The minimum absolute atomic E-state index is 0.164. The Morgan fingerprint density at radius 3 is 2.23 bits per heavy atom. The topological polar surface area (TPSA) is 75.7 Å². The number of hydrogen-bond donors (Lipinski definition) is 1. The predicted molar refractivity (Wildman–Crippen MR) is 122 cm³/mol. The number of aryl methyl sites for hydroxylation is 1. The molecule has 2 aromatic rings. The summed E-state index contributed by atoms with van der Waals surface area (Å²) in [5.41, 5.74) is 2.70. The SMILES string of the molecule is COc1cc(C)c([C@H](C)NC(=O)[C@H](C)N(c2ccccc2F)S(C)(=O)=O)cc1C(C)C. The molecule has 0 aliphatic carbocycles. The maximum Gasteiger partial charge on any atom is 0.244 e. The Hall–Kier alpha value is -2.61. The third kappa shape index (κ3) is 5.55. The van der Waals surface area contributed by atoms with E-state index in [1.807, 2.05) is 26.0 Å². The van der Waals surface area contributed by atoms with Crippen molar-refractivity contribution in [3.63, 3.8) is 0 Å². The molecule has 0 aliphatic rings. The Labute approximate surface area is 184 Å². The van der Waals surface area contributed by atoms with E-state index in [1.54, 1.807) is 7.11 Å². The van der Waals surface area contributed by atoms with Crippen LogP contribution in [-0.2, 0) is 14.8 Å². The standard InChI is InChI=1S/C23H31FN2O4S/c1-14(2)18-13-19(15(3)12-22(18)30-6)16(4)25-23(27)17(5)26(31(7,28)29)21-11-9-8-10-20(21)24/h8-14,16-17H,1-7H3,(H,25,27)/t16-,17-/m0/s1. The first kappa shape index (κ1) is 24.7. The number of benzene rings is 2. The van der Waals surface area contributed by atoms with Crippen LogP contribution in [0.4, 0.5) is 10.1 Å². The van der Waals surface area contributed by atoms with Crippen molar-refractivity contribution in [3.8, 4) is 5.75 Å². The van der Waals surface area contributed by atoms with Crippen molar-refractivity contribution in [2.24, 2.45) is 0 Å². The first-order valence-corrected chi connectivity index (χ1v) is 12.0. The molecule has 2 atom stereocenters. The molecule has 1 amide bonds. The van der Waals surface area contributed by atoms with Gasteiger partial charge in [-0.1, -0.05) is 26.0 Å². The average molecular weight is 451 g/mol. The van der Waals surface area contributed by atoms with E-state index < -0.39 is 27.8 Å². The van der Waals surface area contributed by atoms with Gasteiger partial charge in [-0.05, 0) is 67.6 Å². The molecule has 0 saturated carbocycles. The van der Waals surface area contributed by atoms with E-state index in [-0.39, 0.29) is 17.6 Å². The molecule has 0 radical (unpaired) electrons. The van der Waals surface area contributed by atoms with Crippen LogP contribution in [0.1, 0.15) is 56.3 Å². The largest absolute Gasteiger partial charge is 0.496 e. The number of ether oxygens (including phenoxy) is 1. The van der Waals surface area contributed by atoms with Crippen LogP contribution in [0.5, 0.6) is 5.75 Å². The van der Waals surface area contributed by atoms with Crippen molar-refractivity contribution < 1.29 is 22.3 Å². The summed E-state index contributed by atoms with van der Waals surface area (Å²) in [5.74, 6) is -0.237. The number of nitrogens with zero attached hydrogens (tertiary/aromatic N) is 1. The van der Waals surface area contributed by atoms with E-state index in [2.05, 4.69) is 19.2 Å². The maximum atomic E-state index is 14.3. The van der Waals surface area contributed by atoms with Gasteiger partial charge in [0.2, 0.25) is 15.9 Å². The molecule has 2 rings (SSSR count). The van der Waals surface area contributed by atoms with Gasteiger partial charge < -0.3 is 10.1 Å². The van der Waals surface area contributed by atoms with Crippen LogP contribution in [-0.4, -0.2) is 33.7 Å². The highest BCUT2D eigenvalue weighted by molar-refractivity contribution is 7.92. The Kier molecular flexibility index (Phi) is 7.70. The number of methoxy groups -OCH3 is 1. The number of amides is 1. The Bertz CT molecular complexity index is 1050. The number of hydrogen-bond acceptors (Lipinski definition) is 4. The van der Waals surface area contributed by atoms with Crippen molar-refractivity contribution in [3.05, 3.63) is 58.9 Å². The molecule has 0 heterocycles. The molecular formula is C23H31FN2O4S. The number of anilines is 1. The number of nitrogens with one attached hydrogen (secondary N) is 1. The zero-order valence-corrected chi connectivity index (χ0v) is 19.9. The fraction of sp³-hybridized carbons (Fsp3) is 0.435. The van der Waals surface area contributed by atoms with Gasteiger partial charge in [-0.3, -0.25) is 9.10 Å². The number of para-hydroxylation sites is 1. The van der Waals surface area contributed by atoms with Gasteiger partial charge in [0.25, 0.3) is 0 Å². The number of carbonyl (C=O) groups is 1. The normalized spacial score (nSPS) is 13.6. The summed E-state index contributed by atoms with van der Waals surface area (Å²) in [5, 5.41) is 2.87. The molecular weight excluding hydrogens is 419 g/mol. The lowest BCUT2D eigenvalue weighted by atomic mass is 9.93. The molecule has 170 valence electrons. The molecule has 0 aromatic heterocycles. The molecule has 0 fully saturated rings. The Balaban J connectivity index is 2.35. The highest BCUT2D eigenvalue weighted by Crippen LogP contribution is 2.32. The molecule has 0 aliphatic heterocycles. The first-order chi connectivity index (χ1) is 14.4. The molecule has 8 heteroatoms. The summed E-state index contributed by atoms with van der Waals surface area (Å²) in [6, 6.07) is 7.89. The van der Waals surface area contributed by atoms with E-state index >= 15 is 0 Å². The minimum atomic E-state index is -3.90. The van der Waals surface area contributed by atoms with Gasteiger partial charge in [-0.15, -0.1) is 0 Å². The van der Waals surface area contributed by atoms with Gasteiger partial charge in [0.1, 0.15) is 17.6 Å². The number of sulfonamides is 1. The van der Waals surface area contributed by atoms with Crippen LogP contribution in [0.15, 0.2) is 36.4 Å². The maximum absolute atomic E-state index is 14.3. The Morgan fingerprint density at radius 2 is 1.71 bits per heavy atom. The zero-order valence-electron chi connectivity index (χ0n) is 19.1. The summed E-state index contributed by atoms with van der Waals surface area (Å²) in [6.45, 7) is 9.31. The molecule has 2 aromatic carbocycles. The number of halogens is 1. The fourth-order valence-corrected chi connectivity index (χ4v) is 4.81. The lowest BCUT2D eigenvalue weighted by Crippen LogP contribution is -2.48. The predicted octanol–water partition coefficient (Wildman–Crippen LogP) is 4.30. The van der Waals surface area contributed by atoms with Crippen molar-refractivity contribution in [2.45, 2.75) is 52.6 Å². The molecule has 0 spiro atoms. The number of rotatable bonds is 8. The lowest BCUT2D eigenvalue weighted by molar-refractivity contribution is -0.122. The van der Waals surface area contributed by atoms with Crippen LogP contribution >= 0.6 is 0 Å². The van der Waals surface area contributed by atoms with Gasteiger partial charge in [0.15, 0.2) is 0 Å². The number of carbonyl (C=O) groups excluding carboxylic acids is 1. The minimum Gasteiger partial charge on any atom is -0.496 e. The molecule has 0 unspecified atom stereocenters. The average Bonchev–Trinajstić information content (AvgIpc) is 2.67. The van der Waals surface area contributed by atoms with Crippen molar-refractivity contribution in [1.82, 2.24) is 5.32 Å². The summed E-state index contributed by atoms with van der Waals surface area (Å²) in [7, 11) is -2.28. The monoisotopic (exact) mass is 450 g/mol. The molecule has 1 N–H and O–H groups in total. The third-order valence-corrected chi connectivity index (χ3v) is 6.47. The highest BCUT2D eigenvalue weighted by atomic mass is 32.2. The van der Waals surface area contributed by atoms with Crippen LogP contribution in [0.3, 0.4) is 0 Å². The van der Waals surface area contributed by atoms with Gasteiger partial charge >= 0.3 is 0 Å². The van der Waals surface area contributed by atoms with Crippen molar-refractivity contribution in [1.29, 1.82) is 0 Å². The zero-order chi connectivity index (χ0) is 23.5. The van der Waals surface area contributed by atoms with Gasteiger partial charge in [-0.25, -0.2) is 12.8 Å². The second-order valence-electron chi connectivity index (χ2n) is 8.02. The summed E-state index contributed by atoms with van der Waals surface area (Å²) < 4.78 is 45.4. The van der Waals surface area contributed by atoms with E-state index in [1.165, 1.54) is 25.1 Å². The fourth-order valence-electron chi connectivity index (χ4n) is 3.63. The van der Waals surface area contributed by atoms with E-state index in [0.717, 1.165) is 39.1 Å². The second-order valence-corrected chi connectivity index (χ2v) is 9.88. The second kappa shape index (κ2) is 9.68. The molecule has 0 saturated heterocycles. The van der Waals surface area contributed by atoms with Crippen molar-refractivity contribution in [2.75, 3.05) is 17.7 Å². The van der Waals surface area contributed by atoms with Gasteiger partial charge in [0.05, 0.1) is 25.1 Å². The Morgan fingerprint density at radius 1 is 1.10 bits per heavy atom. The van der Waals surface area contributed by atoms with Gasteiger partial charge in [-0.2, -0.15) is 0 Å². The lowest BCUT2D eigenvalue weighted by Gasteiger charge is -2.30. The quantitative estimate of drug-likeness (QED) is 0.651. The highest BCUT2D eigenvalue weighted by Gasteiger charge is 2.31. The molecule has 6 nitrogen and oxygen atoms in total. The summed E-state index contributed by atoms with van der Waals surface area (Å²) >= 11 is 0. The first-order valence-electron chi connectivity index (χ1n) is 10.1. The summed E-state index contributed by atoms with van der Waals surface area (Å²) in [6.07, 6.45) is 0.954. The van der Waals surface area contributed by atoms with E-state index in [9.17, 15) is 17.6 Å². The molecule has 31 heavy (non-hydrogen) atoms. The van der Waals surface area contributed by atoms with E-state index in [4.69, 9.17) is 4.74 Å². The van der Waals surface area contributed by atoms with Crippen LogP contribution < -0.4 is 14.4 Å². The smallest absolute Gasteiger partial charge is 0.244 e. The van der Waals surface area contributed by atoms with Crippen molar-refractivity contribution >= 4 is 21.6 Å². The van der Waals surface area contributed by atoms with Crippen LogP contribution in [0.2, 0.25) is 0 Å². The summed E-state index contributed by atoms with van der Waals surface area (Å²) in [4.78, 5) is 13.0. The van der Waals surface area contributed by atoms with Crippen LogP contribution in [0.25, 0.3) is 0 Å². The van der Waals surface area contributed by atoms with Crippen LogP contribution in [0, 0.1) is 12.7 Å². The third-order valence-electron chi connectivity index (χ3n) is 5.24. The molecule has 0 bridgehead atoms.